The fourth-order valence-corrected chi connectivity index (χ4v) is 2.27. The summed E-state index contributed by atoms with van der Waals surface area (Å²) in [5.74, 6) is 1.70. The highest BCUT2D eigenvalue weighted by atomic mass is 35.5. The first-order chi connectivity index (χ1) is 8.67. The van der Waals surface area contributed by atoms with E-state index in [4.69, 9.17) is 11.6 Å². The Labute approximate surface area is 113 Å². The van der Waals surface area contributed by atoms with E-state index in [1.165, 1.54) is 12.8 Å². The number of aliphatic hydroxyl groups excluding tert-OH is 1. The van der Waals surface area contributed by atoms with Crippen molar-refractivity contribution >= 4 is 17.4 Å². The van der Waals surface area contributed by atoms with E-state index in [0.717, 1.165) is 30.0 Å². The van der Waals surface area contributed by atoms with Crippen molar-refractivity contribution in [2.45, 2.75) is 45.6 Å². The van der Waals surface area contributed by atoms with Crippen molar-refractivity contribution in [2.75, 3.05) is 18.1 Å². The number of hydrogen-bond donors (Lipinski definition) is 1. The summed E-state index contributed by atoms with van der Waals surface area (Å²) in [7, 11) is 0. The number of aromatic nitrogens is 2. The molecule has 0 unspecified atom stereocenters. The van der Waals surface area contributed by atoms with Crippen LogP contribution in [0.2, 0.25) is 5.15 Å². The van der Waals surface area contributed by atoms with Gasteiger partial charge in [-0.1, -0.05) is 18.5 Å². The smallest absolute Gasteiger partial charge is 0.137 e. The quantitative estimate of drug-likeness (QED) is 0.806. The van der Waals surface area contributed by atoms with Gasteiger partial charge in [-0.05, 0) is 26.2 Å². The largest absolute Gasteiger partial charge is 0.395 e. The highest BCUT2D eigenvalue weighted by Crippen LogP contribution is 2.33. The number of anilines is 1. The maximum atomic E-state index is 9.19. The van der Waals surface area contributed by atoms with Gasteiger partial charge in [-0.2, -0.15) is 0 Å². The molecule has 0 radical (unpaired) electrons. The molecule has 5 heteroatoms. The topological polar surface area (TPSA) is 49.2 Å². The van der Waals surface area contributed by atoms with Crippen molar-refractivity contribution in [3.63, 3.8) is 0 Å². The van der Waals surface area contributed by atoms with Crippen LogP contribution in [0.15, 0.2) is 0 Å². The van der Waals surface area contributed by atoms with Gasteiger partial charge in [0.2, 0.25) is 0 Å². The van der Waals surface area contributed by atoms with Crippen LogP contribution in [0.25, 0.3) is 0 Å². The molecule has 100 valence electrons. The lowest BCUT2D eigenvalue weighted by molar-refractivity contribution is 0.301. The molecule has 18 heavy (non-hydrogen) atoms. The molecule has 1 aliphatic carbocycles. The molecular weight excluding hydrogens is 250 g/mol. The van der Waals surface area contributed by atoms with Crippen LogP contribution in [0.1, 0.15) is 37.6 Å². The lowest BCUT2D eigenvalue weighted by atomic mass is 10.2. The van der Waals surface area contributed by atoms with E-state index in [9.17, 15) is 5.11 Å². The van der Waals surface area contributed by atoms with Crippen molar-refractivity contribution < 1.29 is 5.11 Å². The molecule has 0 amide bonds. The lowest BCUT2D eigenvalue weighted by Crippen LogP contribution is -2.31. The Kier molecular flexibility index (Phi) is 4.40. The van der Waals surface area contributed by atoms with Gasteiger partial charge in [-0.15, -0.1) is 0 Å². The summed E-state index contributed by atoms with van der Waals surface area (Å²) in [6, 6.07) is 0.510. The van der Waals surface area contributed by atoms with Gasteiger partial charge in [0, 0.05) is 24.6 Å². The Hall–Kier alpha value is -0.870. The fourth-order valence-electron chi connectivity index (χ4n) is 2.09. The van der Waals surface area contributed by atoms with Crippen LogP contribution >= 0.6 is 11.6 Å². The number of rotatable bonds is 6. The number of hydrogen-bond acceptors (Lipinski definition) is 4. The maximum absolute atomic E-state index is 9.19. The third-order valence-corrected chi connectivity index (χ3v) is 3.55. The molecule has 1 aromatic rings. The lowest BCUT2D eigenvalue weighted by Gasteiger charge is -2.25. The summed E-state index contributed by atoms with van der Waals surface area (Å²) in [6.45, 7) is 4.80. The zero-order valence-corrected chi connectivity index (χ0v) is 11.7. The van der Waals surface area contributed by atoms with Gasteiger partial charge in [-0.3, -0.25) is 0 Å². The summed E-state index contributed by atoms with van der Waals surface area (Å²) < 4.78 is 0. The van der Waals surface area contributed by atoms with Crippen molar-refractivity contribution in [3.8, 4) is 0 Å². The van der Waals surface area contributed by atoms with Crippen molar-refractivity contribution in [3.05, 3.63) is 16.5 Å². The molecule has 1 aromatic heterocycles. The van der Waals surface area contributed by atoms with E-state index >= 15 is 0 Å². The zero-order chi connectivity index (χ0) is 13.1. The molecule has 1 heterocycles. The zero-order valence-electron chi connectivity index (χ0n) is 11.0. The van der Waals surface area contributed by atoms with Gasteiger partial charge < -0.3 is 10.0 Å². The second-order valence-corrected chi connectivity index (χ2v) is 5.14. The number of aryl methyl sites for hydroxylation is 1. The molecule has 0 aromatic carbocycles. The molecule has 0 atom stereocenters. The van der Waals surface area contributed by atoms with Crippen molar-refractivity contribution in [1.29, 1.82) is 0 Å². The second kappa shape index (κ2) is 5.85. The number of nitrogens with zero attached hydrogens (tertiary/aromatic N) is 3. The van der Waals surface area contributed by atoms with Gasteiger partial charge >= 0.3 is 0 Å². The highest BCUT2D eigenvalue weighted by molar-refractivity contribution is 6.30. The normalized spacial score (nSPS) is 14.9. The first-order valence-electron chi connectivity index (χ1n) is 6.57. The van der Waals surface area contributed by atoms with Crippen LogP contribution in [0.5, 0.6) is 0 Å². The average molecular weight is 270 g/mol. The molecule has 1 fully saturated rings. The van der Waals surface area contributed by atoms with E-state index in [1.54, 1.807) is 0 Å². The molecule has 1 saturated carbocycles. The predicted molar refractivity (Wildman–Crippen MR) is 73.2 cm³/mol. The Morgan fingerprint density at radius 3 is 2.67 bits per heavy atom. The van der Waals surface area contributed by atoms with E-state index in [1.807, 2.05) is 6.92 Å². The molecule has 1 aliphatic rings. The summed E-state index contributed by atoms with van der Waals surface area (Å²) in [6.07, 6.45) is 4.18. The minimum Gasteiger partial charge on any atom is -0.395 e. The SMILES string of the molecule is CCCc1nc(Cl)c(C)c(N(CCO)C2CC2)n1. The Bertz CT molecular complexity index is 421. The summed E-state index contributed by atoms with van der Waals surface area (Å²) in [5.41, 5.74) is 0.914. The molecule has 0 saturated heterocycles. The molecule has 0 bridgehead atoms. The molecule has 0 aliphatic heterocycles. The Morgan fingerprint density at radius 2 is 2.11 bits per heavy atom. The van der Waals surface area contributed by atoms with Gasteiger partial charge in [0.05, 0.1) is 6.61 Å². The van der Waals surface area contributed by atoms with E-state index in [2.05, 4.69) is 21.8 Å². The molecule has 0 spiro atoms. The first-order valence-corrected chi connectivity index (χ1v) is 6.95. The summed E-state index contributed by atoms with van der Waals surface area (Å²) >= 11 is 6.18. The number of aliphatic hydroxyl groups is 1. The van der Waals surface area contributed by atoms with Gasteiger partial charge in [0.25, 0.3) is 0 Å². The van der Waals surface area contributed by atoms with Crippen LogP contribution < -0.4 is 4.90 Å². The van der Waals surface area contributed by atoms with E-state index in [0.29, 0.717) is 17.7 Å². The second-order valence-electron chi connectivity index (χ2n) is 4.78. The van der Waals surface area contributed by atoms with Crippen LogP contribution in [-0.4, -0.2) is 34.3 Å². The fraction of sp³-hybridized carbons (Fsp3) is 0.692. The summed E-state index contributed by atoms with van der Waals surface area (Å²) in [4.78, 5) is 11.1. The summed E-state index contributed by atoms with van der Waals surface area (Å²) in [5, 5.41) is 9.72. The van der Waals surface area contributed by atoms with Gasteiger partial charge in [-0.25, -0.2) is 9.97 Å². The van der Waals surface area contributed by atoms with Crippen LogP contribution in [0.4, 0.5) is 5.82 Å². The van der Waals surface area contributed by atoms with Crippen LogP contribution in [0, 0.1) is 6.92 Å². The molecule has 1 N–H and O–H groups in total. The minimum atomic E-state index is 0.140. The number of halogens is 1. The highest BCUT2D eigenvalue weighted by Gasteiger charge is 2.31. The standard InChI is InChI=1S/C13H20ClN3O/c1-3-4-11-15-12(14)9(2)13(16-11)17(7-8-18)10-5-6-10/h10,18H,3-8H2,1-2H3. The predicted octanol–water partition coefficient (Wildman–Crippen LogP) is 2.35. The molecule has 4 nitrogen and oxygen atoms in total. The van der Waals surface area contributed by atoms with Crippen molar-refractivity contribution in [2.24, 2.45) is 0 Å². The first kappa shape index (κ1) is 13.6. The maximum Gasteiger partial charge on any atom is 0.137 e. The minimum absolute atomic E-state index is 0.140. The van der Waals surface area contributed by atoms with Gasteiger partial charge in [0.1, 0.15) is 16.8 Å². The average Bonchev–Trinajstić information content (AvgIpc) is 3.15. The van der Waals surface area contributed by atoms with Crippen LogP contribution in [0.3, 0.4) is 0 Å². The van der Waals surface area contributed by atoms with Crippen LogP contribution in [-0.2, 0) is 6.42 Å². The monoisotopic (exact) mass is 269 g/mol. The van der Waals surface area contributed by atoms with E-state index < -0.39 is 0 Å². The Balaban J connectivity index is 2.33. The Morgan fingerprint density at radius 1 is 1.39 bits per heavy atom. The van der Waals surface area contributed by atoms with Gasteiger partial charge in [0.15, 0.2) is 0 Å². The van der Waals surface area contributed by atoms with E-state index in [-0.39, 0.29) is 6.61 Å². The third kappa shape index (κ3) is 2.93. The molecular formula is C13H20ClN3O. The van der Waals surface area contributed by atoms with Crippen molar-refractivity contribution in [1.82, 2.24) is 9.97 Å². The third-order valence-electron chi connectivity index (χ3n) is 3.18. The molecule has 2 rings (SSSR count).